The first-order valence-electron chi connectivity index (χ1n) is 18.5. The van der Waals surface area contributed by atoms with Gasteiger partial charge < -0.3 is 52.5 Å². The molecule has 16 nitrogen and oxygen atoms in total. The monoisotopic (exact) mass is 785 g/mol. The van der Waals surface area contributed by atoms with Crippen molar-refractivity contribution in [3.8, 4) is 24.0 Å². The third-order valence-electron chi connectivity index (χ3n) is 8.90. The largest absolute Gasteiger partial charge is 0.508 e. The number of aliphatic hydroxyl groups is 1. The number of aliphatic hydroxyl groups excluding tert-OH is 1. The van der Waals surface area contributed by atoms with Crippen molar-refractivity contribution in [2.45, 2.75) is 69.6 Å². The van der Waals surface area contributed by atoms with E-state index in [0.29, 0.717) is 19.5 Å². The van der Waals surface area contributed by atoms with Crippen LogP contribution in [0, 0.1) is 12.5 Å². The lowest BCUT2D eigenvalue weighted by molar-refractivity contribution is -0.135. The second-order valence-electron chi connectivity index (χ2n) is 13.4. The molecule has 1 heterocycles. The summed E-state index contributed by atoms with van der Waals surface area (Å²) in [6.45, 7) is 1.93. The van der Waals surface area contributed by atoms with E-state index in [1.807, 2.05) is 36.4 Å². The number of likely N-dealkylation sites (tertiary alicyclic amines) is 1. The Hall–Kier alpha value is -6.60. The molecule has 0 spiro atoms. The van der Waals surface area contributed by atoms with Crippen LogP contribution >= 0.6 is 0 Å². The minimum Gasteiger partial charge on any atom is -0.508 e. The highest BCUT2D eigenvalue weighted by Crippen LogP contribution is 2.15. The molecule has 57 heavy (non-hydrogen) atoms. The Balaban J connectivity index is 0.000000860. The maximum absolute atomic E-state index is 13.4. The minimum absolute atomic E-state index is 0.0902. The number of carbonyl (C=O) groups excluding carboxylic acids is 6. The van der Waals surface area contributed by atoms with E-state index in [2.05, 4.69) is 26.6 Å². The Labute approximate surface area is 331 Å². The molecule has 6 amide bonds. The van der Waals surface area contributed by atoms with Crippen molar-refractivity contribution < 1.29 is 44.1 Å². The molecule has 1 aliphatic rings. The number of aromatic hydroxyl groups is 2. The molecule has 1 fully saturated rings. The summed E-state index contributed by atoms with van der Waals surface area (Å²) in [6.07, 6.45) is 7.43. The molecule has 10 N–H and O–H groups in total. The van der Waals surface area contributed by atoms with Crippen molar-refractivity contribution in [1.29, 1.82) is 0 Å². The predicted octanol–water partition coefficient (Wildman–Crippen LogP) is -0.258. The Morgan fingerprint density at radius 1 is 0.737 bits per heavy atom. The molecule has 3 aromatic rings. The van der Waals surface area contributed by atoms with Gasteiger partial charge in [-0.3, -0.25) is 28.8 Å². The number of aryl methyl sites for hydroxylation is 1. The highest BCUT2D eigenvalue weighted by molar-refractivity contribution is 5.94. The summed E-state index contributed by atoms with van der Waals surface area (Å²) in [5, 5.41) is 40.4. The number of carbonyl (C=O) groups is 6. The van der Waals surface area contributed by atoms with Crippen LogP contribution in [0.3, 0.4) is 0 Å². The average Bonchev–Trinajstić information content (AvgIpc) is 3.75. The maximum atomic E-state index is 13.4. The number of hydrogen-bond donors (Lipinski definition) is 9. The zero-order valence-corrected chi connectivity index (χ0v) is 31.8. The fourth-order valence-electron chi connectivity index (χ4n) is 5.72. The molecule has 1 aliphatic heterocycles. The van der Waals surface area contributed by atoms with Gasteiger partial charge in [0.2, 0.25) is 35.4 Å². The number of amides is 6. The normalized spacial score (nSPS) is 13.9. The average molecular weight is 786 g/mol. The highest BCUT2D eigenvalue weighted by atomic mass is 16.3. The molecule has 0 bridgehead atoms. The molecule has 304 valence electrons. The van der Waals surface area contributed by atoms with Crippen LogP contribution in [0.15, 0.2) is 78.9 Å². The number of primary amides is 1. The fraction of sp³-hybridized carbons (Fsp3) is 0.366. The molecule has 3 aromatic carbocycles. The van der Waals surface area contributed by atoms with Gasteiger partial charge >= 0.3 is 0 Å². The van der Waals surface area contributed by atoms with E-state index in [1.54, 1.807) is 29.2 Å². The van der Waals surface area contributed by atoms with Crippen molar-refractivity contribution in [2.24, 2.45) is 5.73 Å². The molecule has 0 radical (unpaired) electrons. The maximum Gasteiger partial charge on any atom is 0.245 e. The molecule has 4 rings (SSSR count). The number of benzene rings is 3. The van der Waals surface area contributed by atoms with Crippen LogP contribution in [0.4, 0.5) is 0 Å². The lowest BCUT2D eigenvalue weighted by Crippen LogP contribution is -2.55. The van der Waals surface area contributed by atoms with Crippen LogP contribution in [0.25, 0.3) is 0 Å². The number of rotatable bonds is 18. The van der Waals surface area contributed by atoms with Crippen molar-refractivity contribution in [2.75, 3.05) is 26.2 Å². The Kier molecular flexibility index (Phi) is 18.3. The number of terminal acetylenes is 1. The van der Waals surface area contributed by atoms with E-state index < -0.39 is 54.3 Å². The van der Waals surface area contributed by atoms with Gasteiger partial charge in [-0.25, -0.2) is 0 Å². The third kappa shape index (κ3) is 16.0. The number of phenols is 2. The molecule has 4 unspecified atom stereocenters. The Morgan fingerprint density at radius 3 is 1.84 bits per heavy atom. The van der Waals surface area contributed by atoms with E-state index in [0.717, 1.165) is 29.5 Å². The third-order valence-corrected chi connectivity index (χ3v) is 8.90. The quantitative estimate of drug-likeness (QED) is 0.0604. The summed E-state index contributed by atoms with van der Waals surface area (Å²) in [4.78, 5) is 77.3. The van der Waals surface area contributed by atoms with Crippen molar-refractivity contribution in [1.82, 2.24) is 31.5 Å². The standard InChI is InChI=1S/C36H43N5O7.C5H8N2O2/c1-24(38-32(44)18-13-25-9-14-28(42)15-10-25)34(46)40-30(21-26-7-3-2-4-8-26)35(47)37-23-33(45)39-31(36(48)41-19-5-6-20-41)22-27-11-16-29(43)17-12-27;1-2-7-4(3-8)5(6)9/h2-4,7-12,14-17,24,30-31,42-43H,5-6,13,18-23H2,1H3,(H,37,47)(H,38,44)(H,39,45)(H,40,46);1,4,7-8H,3H2,(H2,6,9). The van der Waals surface area contributed by atoms with Gasteiger partial charge in [-0.1, -0.05) is 61.0 Å². The number of nitrogens with two attached hydrogens (primary N) is 1. The van der Waals surface area contributed by atoms with E-state index in [-0.39, 0.29) is 49.2 Å². The summed E-state index contributed by atoms with van der Waals surface area (Å²) in [5.41, 5.74) is 7.16. The van der Waals surface area contributed by atoms with Gasteiger partial charge in [-0.05, 0) is 67.1 Å². The lowest BCUT2D eigenvalue weighted by Gasteiger charge is -2.25. The van der Waals surface area contributed by atoms with Gasteiger partial charge in [0.05, 0.1) is 13.2 Å². The second kappa shape index (κ2) is 23.3. The first-order chi connectivity index (χ1) is 27.3. The molecule has 0 saturated carbocycles. The summed E-state index contributed by atoms with van der Waals surface area (Å²) in [7, 11) is 0. The topological polar surface area (TPSA) is 253 Å². The first kappa shape index (κ1) is 44.8. The lowest BCUT2D eigenvalue weighted by atomic mass is 10.0. The SMILES string of the molecule is C#CNC(CO)C(N)=O.CC(NC(=O)CCc1ccc(O)cc1)C(=O)NC(Cc1ccccc1)C(=O)NCC(=O)NC(Cc1ccc(O)cc1)C(=O)N1CCCC1. The van der Waals surface area contributed by atoms with E-state index in [4.69, 9.17) is 17.3 Å². The number of nitrogens with zero attached hydrogens (tertiary/aromatic N) is 1. The summed E-state index contributed by atoms with van der Waals surface area (Å²) >= 11 is 0. The zero-order chi connectivity index (χ0) is 41.7. The van der Waals surface area contributed by atoms with Crippen LogP contribution in [0.5, 0.6) is 11.5 Å². The molecule has 1 saturated heterocycles. The zero-order valence-electron chi connectivity index (χ0n) is 31.8. The van der Waals surface area contributed by atoms with Crippen molar-refractivity contribution >= 4 is 35.4 Å². The van der Waals surface area contributed by atoms with E-state index in [9.17, 15) is 39.0 Å². The summed E-state index contributed by atoms with van der Waals surface area (Å²) in [6, 6.07) is 20.3. The van der Waals surface area contributed by atoms with Crippen LogP contribution < -0.4 is 32.3 Å². The van der Waals surface area contributed by atoms with Gasteiger partial charge in [0, 0.05) is 38.4 Å². The molecule has 16 heteroatoms. The number of phenolic OH excluding ortho intramolecular Hbond substituents is 2. The smallest absolute Gasteiger partial charge is 0.245 e. The van der Waals surface area contributed by atoms with Crippen LogP contribution in [-0.2, 0) is 48.0 Å². The molecular formula is C41H51N7O9. The molecular weight excluding hydrogens is 734 g/mol. The highest BCUT2D eigenvalue weighted by Gasteiger charge is 2.29. The van der Waals surface area contributed by atoms with Gasteiger partial charge in [0.15, 0.2) is 0 Å². The van der Waals surface area contributed by atoms with Gasteiger partial charge in [-0.15, -0.1) is 0 Å². The fourth-order valence-corrected chi connectivity index (χ4v) is 5.72. The number of hydrogen-bond acceptors (Lipinski definition) is 10. The van der Waals surface area contributed by atoms with E-state index >= 15 is 0 Å². The Bertz CT molecular complexity index is 1830. The molecule has 4 atom stereocenters. The minimum atomic E-state index is -1.05. The first-order valence-corrected chi connectivity index (χ1v) is 18.5. The van der Waals surface area contributed by atoms with Crippen LogP contribution in [-0.4, -0.2) is 106 Å². The van der Waals surface area contributed by atoms with Gasteiger partial charge in [0.25, 0.3) is 0 Å². The van der Waals surface area contributed by atoms with Gasteiger partial charge in [-0.2, -0.15) is 0 Å². The summed E-state index contributed by atoms with van der Waals surface area (Å²) < 4.78 is 0. The second-order valence-corrected chi connectivity index (χ2v) is 13.4. The van der Waals surface area contributed by atoms with Crippen LogP contribution in [0.1, 0.15) is 42.9 Å². The van der Waals surface area contributed by atoms with Gasteiger partial charge in [0.1, 0.15) is 35.7 Å². The Morgan fingerprint density at radius 2 is 1.30 bits per heavy atom. The van der Waals surface area contributed by atoms with Crippen molar-refractivity contribution in [3.05, 3.63) is 95.6 Å². The molecule has 0 aliphatic carbocycles. The number of nitrogens with one attached hydrogen (secondary N) is 5. The predicted molar refractivity (Wildman–Crippen MR) is 211 cm³/mol. The van der Waals surface area contributed by atoms with Crippen LogP contribution in [0.2, 0.25) is 0 Å². The summed E-state index contributed by atoms with van der Waals surface area (Å²) in [5.74, 6) is -2.74. The van der Waals surface area contributed by atoms with Crippen molar-refractivity contribution in [3.63, 3.8) is 0 Å². The van der Waals surface area contributed by atoms with E-state index in [1.165, 1.54) is 31.2 Å². The molecule has 0 aromatic heterocycles.